The molecular weight excluding hydrogens is 371 g/mol. The molecule has 0 radical (unpaired) electrons. The van der Waals surface area contributed by atoms with Gasteiger partial charge in [0.15, 0.2) is 11.4 Å². The highest BCUT2D eigenvalue weighted by Crippen LogP contribution is 2.50. The number of benzene rings is 1. The molecule has 5 nitrogen and oxygen atoms in total. The first-order chi connectivity index (χ1) is 13.0. The lowest BCUT2D eigenvalue weighted by Gasteiger charge is -2.27. The van der Waals surface area contributed by atoms with Crippen LogP contribution in [-0.2, 0) is 6.18 Å². The number of halogens is 3. The lowest BCUT2D eigenvalue weighted by atomic mass is 9.86. The fourth-order valence-corrected chi connectivity index (χ4v) is 3.49. The number of primary amides is 1. The van der Waals surface area contributed by atoms with Crippen LogP contribution in [0.2, 0.25) is 0 Å². The molecule has 0 spiro atoms. The molecule has 1 unspecified atom stereocenters. The van der Waals surface area contributed by atoms with E-state index in [2.05, 4.69) is 16.8 Å². The molecular formula is C20H16F3N3O2. The summed E-state index contributed by atoms with van der Waals surface area (Å²) in [7, 11) is 0. The first kappa shape index (κ1) is 18.3. The SMILES string of the molecule is CC(C)(O)C#Cc1ccc2c(c1)-c1nc(C(N)=O)c(C(F)(F)F)n1C1C=C2C1. The summed E-state index contributed by atoms with van der Waals surface area (Å²) in [5.41, 5.74) is 4.70. The number of carbonyl (C=O) groups excluding carboxylic acids is 1. The summed E-state index contributed by atoms with van der Waals surface area (Å²) >= 11 is 0. The second-order valence-corrected chi connectivity index (χ2v) is 7.40. The Bertz CT molecular complexity index is 1110. The molecule has 0 saturated carbocycles. The zero-order valence-corrected chi connectivity index (χ0v) is 15.1. The number of alkyl halides is 3. The van der Waals surface area contributed by atoms with E-state index in [1.54, 1.807) is 24.3 Å². The molecule has 3 heterocycles. The number of nitrogens with two attached hydrogens (primary N) is 1. The standard InChI is InChI=1S/C20H16F3N3O2/c1-19(2,28)6-5-10-3-4-13-11-8-12(9-11)26-16(20(21,22)23)15(17(24)27)25-18(26)14(13)7-10/h3-4,7-8,12,28H,9H2,1-2H3,(H2,24,27). The number of nitrogens with zero attached hydrogens (tertiary/aromatic N) is 2. The number of hydrogen-bond acceptors (Lipinski definition) is 3. The Kier molecular flexibility index (Phi) is 3.74. The van der Waals surface area contributed by atoms with Crippen molar-refractivity contribution in [2.45, 2.75) is 38.1 Å². The molecule has 28 heavy (non-hydrogen) atoms. The van der Waals surface area contributed by atoms with E-state index in [-0.39, 0.29) is 5.82 Å². The van der Waals surface area contributed by atoms with Crippen molar-refractivity contribution in [3.63, 3.8) is 0 Å². The quantitative estimate of drug-likeness (QED) is 0.738. The van der Waals surface area contributed by atoms with E-state index in [0.717, 1.165) is 15.7 Å². The number of amides is 1. The van der Waals surface area contributed by atoms with Gasteiger partial charge in [0.1, 0.15) is 11.4 Å². The lowest BCUT2D eigenvalue weighted by molar-refractivity contribution is -0.144. The second-order valence-electron chi connectivity index (χ2n) is 7.40. The Balaban J connectivity index is 1.98. The van der Waals surface area contributed by atoms with E-state index in [1.807, 2.05) is 0 Å². The third-order valence-electron chi connectivity index (χ3n) is 4.69. The van der Waals surface area contributed by atoms with Crippen LogP contribution < -0.4 is 5.73 Å². The Morgan fingerprint density at radius 3 is 2.57 bits per heavy atom. The molecule has 1 aromatic carbocycles. The minimum atomic E-state index is -4.78. The van der Waals surface area contributed by atoms with Crippen LogP contribution in [0.3, 0.4) is 0 Å². The van der Waals surface area contributed by atoms with Gasteiger partial charge in [-0.05, 0) is 43.5 Å². The van der Waals surface area contributed by atoms with Crippen molar-refractivity contribution in [1.82, 2.24) is 9.55 Å². The molecule has 3 aliphatic rings. The molecule has 3 N–H and O–H groups in total. The van der Waals surface area contributed by atoms with Gasteiger partial charge in [-0.2, -0.15) is 13.2 Å². The monoisotopic (exact) mass is 387 g/mol. The van der Waals surface area contributed by atoms with E-state index in [1.165, 1.54) is 13.8 Å². The third kappa shape index (κ3) is 2.88. The van der Waals surface area contributed by atoms with Gasteiger partial charge < -0.3 is 15.4 Å². The van der Waals surface area contributed by atoms with Crippen LogP contribution in [-0.4, -0.2) is 26.2 Å². The average Bonchev–Trinajstić information content (AvgIpc) is 2.82. The summed E-state index contributed by atoms with van der Waals surface area (Å²) in [5, 5.41) is 9.78. The lowest BCUT2D eigenvalue weighted by Crippen LogP contribution is -2.24. The number of allylic oxidation sites excluding steroid dienone is 2. The Hall–Kier alpha value is -3.05. The second kappa shape index (κ2) is 5.72. The van der Waals surface area contributed by atoms with E-state index < -0.39 is 35.1 Å². The van der Waals surface area contributed by atoms with Gasteiger partial charge >= 0.3 is 6.18 Å². The molecule has 0 saturated heterocycles. The molecule has 2 aromatic rings. The Morgan fingerprint density at radius 2 is 2.00 bits per heavy atom. The first-order valence-electron chi connectivity index (χ1n) is 8.56. The zero-order valence-electron chi connectivity index (χ0n) is 15.1. The number of rotatable bonds is 1. The number of aromatic nitrogens is 2. The van der Waals surface area contributed by atoms with Crippen LogP contribution in [0.5, 0.6) is 0 Å². The number of hydrogen-bond donors (Lipinski definition) is 2. The van der Waals surface area contributed by atoms with Gasteiger partial charge in [-0.15, -0.1) is 0 Å². The fourth-order valence-electron chi connectivity index (χ4n) is 3.49. The number of imidazole rings is 1. The highest BCUT2D eigenvalue weighted by molar-refractivity contribution is 5.94. The third-order valence-corrected chi connectivity index (χ3v) is 4.69. The average molecular weight is 387 g/mol. The molecule has 1 atom stereocenters. The summed E-state index contributed by atoms with van der Waals surface area (Å²) in [6.45, 7) is 3.06. The van der Waals surface area contributed by atoms with Gasteiger partial charge in [-0.1, -0.05) is 24.0 Å². The van der Waals surface area contributed by atoms with E-state index >= 15 is 0 Å². The van der Waals surface area contributed by atoms with Crippen LogP contribution in [0.4, 0.5) is 13.2 Å². The minimum Gasteiger partial charge on any atom is -0.378 e. The van der Waals surface area contributed by atoms with Crippen molar-refractivity contribution in [2.24, 2.45) is 5.73 Å². The molecule has 5 rings (SSSR count). The van der Waals surface area contributed by atoms with Crippen LogP contribution >= 0.6 is 0 Å². The van der Waals surface area contributed by atoms with Crippen molar-refractivity contribution < 1.29 is 23.1 Å². The molecule has 2 aliphatic heterocycles. The van der Waals surface area contributed by atoms with E-state index in [9.17, 15) is 23.1 Å². The minimum absolute atomic E-state index is 0.0387. The van der Waals surface area contributed by atoms with Crippen molar-refractivity contribution in [2.75, 3.05) is 0 Å². The predicted molar refractivity (Wildman–Crippen MR) is 96.0 cm³/mol. The first-order valence-corrected chi connectivity index (χ1v) is 8.56. The zero-order chi connectivity index (χ0) is 20.4. The molecule has 1 aromatic heterocycles. The van der Waals surface area contributed by atoms with Gasteiger partial charge in [0, 0.05) is 11.1 Å². The van der Waals surface area contributed by atoms with Crippen molar-refractivity contribution in [3.05, 3.63) is 46.8 Å². The topological polar surface area (TPSA) is 81.1 Å². The van der Waals surface area contributed by atoms with Crippen molar-refractivity contribution >= 4 is 11.5 Å². The maximum Gasteiger partial charge on any atom is 0.433 e. The van der Waals surface area contributed by atoms with Gasteiger partial charge in [-0.25, -0.2) is 4.98 Å². The summed E-state index contributed by atoms with van der Waals surface area (Å²) in [4.78, 5) is 15.6. The largest absolute Gasteiger partial charge is 0.433 e. The molecule has 144 valence electrons. The fraction of sp³-hybridized carbons (Fsp3) is 0.300. The van der Waals surface area contributed by atoms with Gasteiger partial charge in [-0.3, -0.25) is 4.79 Å². The summed E-state index contributed by atoms with van der Waals surface area (Å²) < 4.78 is 42.2. The number of aliphatic hydroxyl groups is 1. The summed E-state index contributed by atoms with van der Waals surface area (Å²) in [6.07, 6.45) is -2.63. The van der Waals surface area contributed by atoms with Gasteiger partial charge in [0.2, 0.25) is 0 Å². The van der Waals surface area contributed by atoms with Crippen molar-refractivity contribution in [1.29, 1.82) is 0 Å². The highest BCUT2D eigenvalue weighted by Gasteiger charge is 2.45. The van der Waals surface area contributed by atoms with Crippen molar-refractivity contribution in [3.8, 4) is 23.2 Å². The van der Waals surface area contributed by atoms with Gasteiger partial charge in [0.25, 0.3) is 5.91 Å². The van der Waals surface area contributed by atoms with Crippen LogP contribution in [0.1, 0.15) is 53.6 Å². The van der Waals surface area contributed by atoms with Crippen LogP contribution in [0.25, 0.3) is 17.0 Å². The molecule has 1 amide bonds. The summed E-state index contributed by atoms with van der Waals surface area (Å²) in [6, 6.07) is 4.59. The molecule has 0 fully saturated rings. The molecule has 8 heteroatoms. The van der Waals surface area contributed by atoms with E-state index in [4.69, 9.17) is 5.73 Å². The smallest absolute Gasteiger partial charge is 0.378 e. The van der Waals surface area contributed by atoms with Gasteiger partial charge in [0.05, 0.1) is 6.04 Å². The van der Waals surface area contributed by atoms with E-state index in [0.29, 0.717) is 17.5 Å². The van der Waals surface area contributed by atoms with Crippen LogP contribution in [0.15, 0.2) is 24.3 Å². The molecule has 2 bridgehead atoms. The van der Waals surface area contributed by atoms with Crippen LogP contribution in [0, 0.1) is 11.8 Å². The normalized spacial score (nSPS) is 17.4. The number of carbonyl (C=O) groups is 1. The maximum atomic E-state index is 13.7. The molecule has 1 aliphatic carbocycles. The summed E-state index contributed by atoms with van der Waals surface area (Å²) in [5.74, 6) is 4.31. The Morgan fingerprint density at radius 1 is 1.32 bits per heavy atom. The highest BCUT2D eigenvalue weighted by atomic mass is 19.4. The maximum absolute atomic E-state index is 13.7. The predicted octanol–water partition coefficient (Wildman–Crippen LogP) is 3.13. The Labute approximate surface area is 158 Å².